The first-order chi connectivity index (χ1) is 8.06. The number of hydrogen-bond acceptors (Lipinski definition) is 4. The number of benzene rings is 2. The summed E-state index contributed by atoms with van der Waals surface area (Å²) < 4.78 is 0. The molecule has 0 aliphatic rings. The van der Waals surface area contributed by atoms with E-state index in [0.29, 0.717) is 11.4 Å². The molecule has 2 aromatic carbocycles. The summed E-state index contributed by atoms with van der Waals surface area (Å²) in [6.07, 6.45) is 0. The number of nitrogen functional groups attached to an aromatic ring is 3. The molecule has 0 unspecified atom stereocenters. The van der Waals surface area contributed by atoms with Gasteiger partial charge in [0.05, 0.1) is 11.4 Å². The molecule has 0 amide bonds. The average Bonchev–Trinajstić information content (AvgIpc) is 2.26. The Kier molecular flexibility index (Phi) is 8.99. The Hall–Kier alpha value is -1.49. The SMILES string of the molecule is Cc1cc(N)c(N)cc1Nc1cccc(N)c1.Cl.Cl.Cl. The maximum atomic E-state index is 5.78. The first-order valence-electron chi connectivity index (χ1n) is 5.34. The van der Waals surface area contributed by atoms with Crippen LogP contribution in [0.15, 0.2) is 36.4 Å². The molecule has 0 fully saturated rings. The van der Waals surface area contributed by atoms with E-state index in [-0.39, 0.29) is 37.2 Å². The normalized spacial score (nSPS) is 8.65. The molecule has 0 aliphatic heterocycles. The van der Waals surface area contributed by atoms with Crippen LogP contribution in [0.2, 0.25) is 0 Å². The Morgan fingerprint density at radius 1 is 0.850 bits per heavy atom. The zero-order valence-electron chi connectivity index (χ0n) is 10.9. The molecule has 7 heteroatoms. The number of hydrogen-bond donors (Lipinski definition) is 4. The lowest BCUT2D eigenvalue weighted by Crippen LogP contribution is -1.99. The minimum absolute atomic E-state index is 0. The van der Waals surface area contributed by atoms with Gasteiger partial charge in [-0.2, -0.15) is 0 Å². The van der Waals surface area contributed by atoms with Crippen LogP contribution < -0.4 is 22.5 Å². The highest BCUT2D eigenvalue weighted by Gasteiger charge is 2.03. The van der Waals surface area contributed by atoms with Gasteiger partial charge in [-0.1, -0.05) is 6.07 Å². The number of halogens is 3. The van der Waals surface area contributed by atoms with Crippen molar-refractivity contribution in [3.8, 4) is 0 Å². The fourth-order valence-electron chi connectivity index (χ4n) is 1.65. The molecule has 2 aromatic rings. The van der Waals surface area contributed by atoms with Crippen molar-refractivity contribution in [1.82, 2.24) is 0 Å². The summed E-state index contributed by atoms with van der Waals surface area (Å²) in [6, 6.07) is 11.2. The summed E-state index contributed by atoms with van der Waals surface area (Å²) in [4.78, 5) is 0. The third kappa shape index (κ3) is 4.89. The molecule has 0 heterocycles. The van der Waals surface area contributed by atoms with E-state index in [1.807, 2.05) is 43.3 Å². The topological polar surface area (TPSA) is 90.1 Å². The fourth-order valence-corrected chi connectivity index (χ4v) is 1.65. The van der Waals surface area contributed by atoms with Crippen molar-refractivity contribution in [2.45, 2.75) is 6.92 Å². The van der Waals surface area contributed by atoms with Gasteiger partial charge in [-0.15, -0.1) is 37.2 Å². The second-order valence-electron chi connectivity index (χ2n) is 4.05. The third-order valence-electron chi connectivity index (χ3n) is 2.60. The molecule has 0 spiro atoms. The Morgan fingerprint density at radius 2 is 1.45 bits per heavy atom. The van der Waals surface area contributed by atoms with Gasteiger partial charge in [0.1, 0.15) is 0 Å². The van der Waals surface area contributed by atoms with E-state index in [1.165, 1.54) is 0 Å². The van der Waals surface area contributed by atoms with Gasteiger partial charge in [0.2, 0.25) is 0 Å². The number of nitrogens with two attached hydrogens (primary N) is 3. The zero-order valence-corrected chi connectivity index (χ0v) is 13.4. The molecule has 2 rings (SSSR count). The van der Waals surface area contributed by atoms with Crippen molar-refractivity contribution in [3.63, 3.8) is 0 Å². The lowest BCUT2D eigenvalue weighted by atomic mass is 10.1. The minimum atomic E-state index is 0. The molecule has 112 valence electrons. The lowest BCUT2D eigenvalue weighted by Gasteiger charge is -2.12. The van der Waals surface area contributed by atoms with Gasteiger partial charge in [-0.25, -0.2) is 0 Å². The third-order valence-corrected chi connectivity index (χ3v) is 2.60. The number of nitrogens with one attached hydrogen (secondary N) is 1. The van der Waals surface area contributed by atoms with Gasteiger partial charge in [-0.05, 0) is 42.8 Å². The van der Waals surface area contributed by atoms with E-state index in [4.69, 9.17) is 17.2 Å². The summed E-state index contributed by atoms with van der Waals surface area (Å²) in [5.41, 5.74) is 22.0. The van der Waals surface area contributed by atoms with E-state index in [2.05, 4.69) is 5.32 Å². The smallest absolute Gasteiger partial charge is 0.0568 e. The largest absolute Gasteiger partial charge is 0.399 e. The van der Waals surface area contributed by atoms with Gasteiger partial charge >= 0.3 is 0 Å². The van der Waals surface area contributed by atoms with Gasteiger partial charge in [0, 0.05) is 17.1 Å². The van der Waals surface area contributed by atoms with Crippen LogP contribution in [-0.2, 0) is 0 Å². The van der Waals surface area contributed by atoms with E-state index in [1.54, 1.807) is 0 Å². The van der Waals surface area contributed by atoms with Crippen molar-refractivity contribution < 1.29 is 0 Å². The van der Waals surface area contributed by atoms with Crippen LogP contribution in [0.25, 0.3) is 0 Å². The quantitative estimate of drug-likeness (QED) is 0.628. The summed E-state index contributed by atoms with van der Waals surface area (Å²) in [7, 11) is 0. The van der Waals surface area contributed by atoms with Crippen molar-refractivity contribution in [2.24, 2.45) is 0 Å². The van der Waals surface area contributed by atoms with Crippen molar-refractivity contribution in [1.29, 1.82) is 0 Å². The molecule has 7 N–H and O–H groups in total. The maximum absolute atomic E-state index is 5.78. The van der Waals surface area contributed by atoms with Gasteiger partial charge in [-0.3, -0.25) is 0 Å². The van der Waals surface area contributed by atoms with E-state index in [9.17, 15) is 0 Å². The van der Waals surface area contributed by atoms with Crippen LogP contribution >= 0.6 is 37.2 Å². The summed E-state index contributed by atoms with van der Waals surface area (Å²) in [6.45, 7) is 1.98. The van der Waals surface area contributed by atoms with Gasteiger partial charge < -0.3 is 22.5 Å². The molecule has 20 heavy (non-hydrogen) atoms. The summed E-state index contributed by atoms with van der Waals surface area (Å²) >= 11 is 0. The molecule has 0 aliphatic carbocycles. The molecule has 0 radical (unpaired) electrons. The van der Waals surface area contributed by atoms with Crippen molar-refractivity contribution in [3.05, 3.63) is 42.0 Å². The molecule has 0 saturated carbocycles. The Labute approximate surface area is 137 Å². The zero-order chi connectivity index (χ0) is 12.4. The molecular formula is C13H19Cl3N4. The minimum Gasteiger partial charge on any atom is -0.399 e. The first kappa shape index (κ1) is 20.8. The van der Waals surface area contributed by atoms with Crippen LogP contribution in [0.5, 0.6) is 0 Å². The van der Waals surface area contributed by atoms with Crippen molar-refractivity contribution >= 4 is 65.7 Å². The number of aryl methyl sites for hydroxylation is 1. The molecule has 4 nitrogen and oxygen atoms in total. The van der Waals surface area contributed by atoms with Crippen LogP contribution in [0.3, 0.4) is 0 Å². The van der Waals surface area contributed by atoms with Crippen LogP contribution in [0, 0.1) is 6.92 Å². The summed E-state index contributed by atoms with van der Waals surface area (Å²) in [5.74, 6) is 0. The lowest BCUT2D eigenvalue weighted by molar-refractivity contribution is 1.43. The predicted octanol–water partition coefficient (Wildman–Crippen LogP) is 3.75. The second kappa shape index (κ2) is 8.64. The maximum Gasteiger partial charge on any atom is 0.0568 e. The molecule has 0 saturated heterocycles. The van der Waals surface area contributed by atoms with Crippen LogP contribution in [0.1, 0.15) is 5.56 Å². The average molecular weight is 338 g/mol. The van der Waals surface area contributed by atoms with Crippen LogP contribution in [0.4, 0.5) is 28.4 Å². The Balaban J connectivity index is 0. The fraction of sp³-hybridized carbons (Fsp3) is 0.0769. The number of rotatable bonds is 2. The van der Waals surface area contributed by atoms with Crippen molar-refractivity contribution in [2.75, 3.05) is 22.5 Å². The Morgan fingerprint density at radius 3 is 2.05 bits per heavy atom. The molecule has 0 aromatic heterocycles. The van der Waals surface area contributed by atoms with E-state index >= 15 is 0 Å². The second-order valence-corrected chi connectivity index (χ2v) is 4.05. The first-order valence-corrected chi connectivity index (χ1v) is 5.34. The molecule has 0 bridgehead atoms. The highest BCUT2D eigenvalue weighted by atomic mass is 35.5. The van der Waals surface area contributed by atoms with Gasteiger partial charge in [0.15, 0.2) is 0 Å². The Bertz CT molecular complexity index is 561. The van der Waals surface area contributed by atoms with E-state index in [0.717, 1.165) is 22.6 Å². The van der Waals surface area contributed by atoms with Crippen LogP contribution in [-0.4, -0.2) is 0 Å². The standard InChI is InChI=1S/C13H16N4.3ClH/c1-8-5-11(15)12(16)7-13(8)17-10-4-2-3-9(14)6-10;;;/h2-7,17H,14-16H2,1H3;3*1H. The number of anilines is 5. The predicted molar refractivity (Wildman–Crippen MR) is 95.9 cm³/mol. The van der Waals surface area contributed by atoms with E-state index < -0.39 is 0 Å². The molecule has 0 atom stereocenters. The molecular weight excluding hydrogens is 319 g/mol. The highest BCUT2D eigenvalue weighted by Crippen LogP contribution is 2.27. The monoisotopic (exact) mass is 336 g/mol. The summed E-state index contributed by atoms with van der Waals surface area (Å²) in [5, 5.41) is 3.27. The highest BCUT2D eigenvalue weighted by molar-refractivity contribution is 5.86. The van der Waals surface area contributed by atoms with Gasteiger partial charge in [0.25, 0.3) is 0 Å².